The molecule has 0 bridgehead atoms. The number of halogens is 3. The minimum atomic E-state index is -4.43. The maximum absolute atomic E-state index is 12.5. The van der Waals surface area contributed by atoms with Gasteiger partial charge in [-0.05, 0) is 24.1 Å². The second-order valence-corrected chi connectivity index (χ2v) is 5.85. The van der Waals surface area contributed by atoms with E-state index in [0.29, 0.717) is 24.3 Å². The van der Waals surface area contributed by atoms with Gasteiger partial charge in [0, 0.05) is 24.4 Å². The highest BCUT2D eigenvalue weighted by atomic mass is 19.4. The van der Waals surface area contributed by atoms with Crippen molar-refractivity contribution in [2.45, 2.75) is 25.1 Å². The van der Waals surface area contributed by atoms with Crippen molar-refractivity contribution in [2.24, 2.45) is 0 Å². The summed E-state index contributed by atoms with van der Waals surface area (Å²) in [6.45, 7) is -0.780. The van der Waals surface area contributed by atoms with Gasteiger partial charge in [0.15, 0.2) is 6.61 Å². The Balaban J connectivity index is 1.60. The number of ether oxygens (including phenoxy) is 2. The molecule has 0 spiro atoms. The topological polar surface area (TPSA) is 60.5 Å². The highest BCUT2D eigenvalue weighted by Crippen LogP contribution is 2.33. The molecule has 1 aliphatic heterocycles. The van der Waals surface area contributed by atoms with Crippen LogP contribution < -0.4 is 14.8 Å². The van der Waals surface area contributed by atoms with E-state index in [0.717, 1.165) is 5.56 Å². The van der Waals surface area contributed by atoms with Gasteiger partial charge in [0.1, 0.15) is 5.75 Å². The average molecular weight is 366 g/mol. The highest BCUT2D eigenvalue weighted by Gasteiger charge is 2.29. The smallest absolute Gasteiger partial charge is 0.422 e. The number of amides is 1. The van der Waals surface area contributed by atoms with Crippen molar-refractivity contribution in [1.82, 2.24) is 10.3 Å². The summed E-state index contributed by atoms with van der Waals surface area (Å²) in [6.07, 6.45) is -2.52. The summed E-state index contributed by atoms with van der Waals surface area (Å²) in [7, 11) is 0. The van der Waals surface area contributed by atoms with Crippen LogP contribution in [0.4, 0.5) is 13.2 Å². The van der Waals surface area contributed by atoms with E-state index in [1.54, 1.807) is 6.07 Å². The van der Waals surface area contributed by atoms with E-state index >= 15 is 0 Å². The summed E-state index contributed by atoms with van der Waals surface area (Å²) in [4.78, 5) is 16.3. The van der Waals surface area contributed by atoms with Gasteiger partial charge in [-0.25, -0.2) is 4.98 Å². The molecule has 5 nitrogen and oxygen atoms in total. The molecule has 26 heavy (non-hydrogen) atoms. The average Bonchev–Trinajstić information content (AvgIpc) is 2.64. The molecule has 0 fully saturated rings. The molecule has 3 rings (SSSR count). The fourth-order valence-electron chi connectivity index (χ4n) is 2.72. The number of fused-ring (bicyclic) bond motifs is 1. The zero-order valence-electron chi connectivity index (χ0n) is 13.8. The van der Waals surface area contributed by atoms with Crippen molar-refractivity contribution in [3.63, 3.8) is 0 Å². The van der Waals surface area contributed by atoms with Crippen LogP contribution in [-0.4, -0.2) is 30.3 Å². The number of carbonyl (C=O) groups excluding carboxylic acids is 1. The first-order valence-corrected chi connectivity index (χ1v) is 8.06. The molecule has 1 N–H and O–H groups in total. The number of hydrogen-bond acceptors (Lipinski definition) is 4. The molecule has 0 saturated carbocycles. The monoisotopic (exact) mass is 366 g/mol. The van der Waals surface area contributed by atoms with E-state index in [4.69, 9.17) is 4.74 Å². The van der Waals surface area contributed by atoms with Crippen LogP contribution in [0.25, 0.3) is 0 Å². The molecule has 2 heterocycles. The Morgan fingerprint density at radius 3 is 2.92 bits per heavy atom. The van der Waals surface area contributed by atoms with Crippen LogP contribution in [0.3, 0.4) is 0 Å². The van der Waals surface area contributed by atoms with Crippen molar-refractivity contribution in [2.75, 3.05) is 13.2 Å². The second kappa shape index (κ2) is 7.63. The fraction of sp³-hybridized carbons (Fsp3) is 0.333. The first-order valence-electron chi connectivity index (χ1n) is 8.06. The number of aromatic nitrogens is 1. The van der Waals surface area contributed by atoms with Crippen molar-refractivity contribution < 1.29 is 27.4 Å². The summed E-state index contributed by atoms with van der Waals surface area (Å²) in [5, 5.41) is 2.81. The van der Waals surface area contributed by atoms with Gasteiger partial charge in [-0.15, -0.1) is 0 Å². The molecule has 2 aromatic rings. The van der Waals surface area contributed by atoms with Gasteiger partial charge >= 0.3 is 6.18 Å². The van der Waals surface area contributed by atoms with Crippen LogP contribution in [0, 0.1) is 0 Å². The molecule has 0 radical (unpaired) electrons. The minimum Gasteiger partial charge on any atom is -0.493 e. The lowest BCUT2D eigenvalue weighted by Gasteiger charge is -2.25. The minimum absolute atomic E-state index is 0.134. The molecule has 1 aromatic heterocycles. The predicted molar refractivity (Wildman–Crippen MR) is 86.9 cm³/mol. The van der Waals surface area contributed by atoms with E-state index < -0.39 is 12.8 Å². The van der Waals surface area contributed by atoms with Crippen LogP contribution >= 0.6 is 0 Å². The number of nitrogens with one attached hydrogen (secondary N) is 1. The maximum Gasteiger partial charge on any atom is 0.422 e. The van der Waals surface area contributed by atoms with Crippen molar-refractivity contribution >= 4 is 5.91 Å². The number of benzene rings is 1. The molecular weight excluding hydrogens is 349 g/mol. The summed E-state index contributed by atoms with van der Waals surface area (Å²) in [6, 6.07) is 10.4. The van der Waals surface area contributed by atoms with Crippen LogP contribution in [0.15, 0.2) is 42.6 Å². The SMILES string of the molecule is O=C(NCc1ccnc(OCC(F)(F)F)c1)C1CCOc2ccccc21. The van der Waals surface area contributed by atoms with E-state index in [2.05, 4.69) is 15.0 Å². The second-order valence-electron chi connectivity index (χ2n) is 5.85. The molecule has 138 valence electrons. The number of rotatable bonds is 5. The normalized spacial score (nSPS) is 16.3. The van der Waals surface area contributed by atoms with Gasteiger partial charge in [0.05, 0.1) is 12.5 Å². The Hall–Kier alpha value is -2.77. The third kappa shape index (κ3) is 4.65. The van der Waals surface area contributed by atoms with Gasteiger partial charge in [-0.1, -0.05) is 18.2 Å². The molecule has 1 amide bonds. The third-order valence-electron chi connectivity index (χ3n) is 3.92. The molecule has 1 aromatic carbocycles. The molecule has 0 saturated heterocycles. The number of carbonyl (C=O) groups is 1. The quantitative estimate of drug-likeness (QED) is 0.883. The first-order chi connectivity index (χ1) is 12.4. The first kappa shape index (κ1) is 18.0. The number of pyridine rings is 1. The number of alkyl halides is 3. The van der Waals surface area contributed by atoms with Crippen molar-refractivity contribution in [3.05, 3.63) is 53.7 Å². The van der Waals surface area contributed by atoms with Gasteiger partial charge in [0.25, 0.3) is 0 Å². The van der Waals surface area contributed by atoms with Crippen molar-refractivity contribution in [3.8, 4) is 11.6 Å². The van der Waals surface area contributed by atoms with Gasteiger partial charge < -0.3 is 14.8 Å². The van der Waals surface area contributed by atoms with Crippen LogP contribution in [0.1, 0.15) is 23.5 Å². The number of para-hydroxylation sites is 1. The van der Waals surface area contributed by atoms with Gasteiger partial charge in [-0.2, -0.15) is 13.2 Å². The summed E-state index contributed by atoms with van der Waals surface area (Å²) >= 11 is 0. The summed E-state index contributed by atoms with van der Waals surface area (Å²) in [5.74, 6) is 0.0918. The van der Waals surface area contributed by atoms with E-state index in [1.165, 1.54) is 12.3 Å². The largest absolute Gasteiger partial charge is 0.493 e. The summed E-state index contributed by atoms with van der Waals surface area (Å²) in [5.41, 5.74) is 1.44. The van der Waals surface area contributed by atoms with Crippen LogP contribution in [0.2, 0.25) is 0 Å². The van der Waals surface area contributed by atoms with Gasteiger partial charge in [0.2, 0.25) is 11.8 Å². The van der Waals surface area contributed by atoms with E-state index in [1.807, 2.05) is 24.3 Å². The summed E-state index contributed by atoms with van der Waals surface area (Å²) < 4.78 is 46.8. The highest BCUT2D eigenvalue weighted by molar-refractivity contribution is 5.84. The zero-order chi connectivity index (χ0) is 18.6. The number of hydrogen-bond donors (Lipinski definition) is 1. The Bertz CT molecular complexity index is 780. The Morgan fingerprint density at radius 1 is 1.31 bits per heavy atom. The lowest BCUT2D eigenvalue weighted by molar-refractivity contribution is -0.154. The standard InChI is InChI=1S/C18H17F3N2O3/c19-18(20,21)11-26-16-9-12(5-7-22-16)10-23-17(24)14-6-8-25-15-4-2-1-3-13(14)15/h1-5,7,9,14H,6,8,10-11H2,(H,23,24). The number of nitrogens with zero attached hydrogens (tertiary/aromatic N) is 1. The lowest BCUT2D eigenvalue weighted by atomic mass is 9.92. The molecule has 0 aliphatic carbocycles. The maximum atomic E-state index is 12.5. The molecule has 1 unspecified atom stereocenters. The zero-order valence-corrected chi connectivity index (χ0v) is 13.8. The van der Waals surface area contributed by atoms with Crippen LogP contribution in [-0.2, 0) is 11.3 Å². The van der Waals surface area contributed by atoms with Gasteiger partial charge in [-0.3, -0.25) is 4.79 Å². The fourth-order valence-corrected chi connectivity index (χ4v) is 2.72. The Morgan fingerprint density at radius 2 is 2.12 bits per heavy atom. The van der Waals surface area contributed by atoms with Crippen LogP contribution in [0.5, 0.6) is 11.6 Å². The van der Waals surface area contributed by atoms with E-state index in [9.17, 15) is 18.0 Å². The Labute approximate surface area is 148 Å². The lowest BCUT2D eigenvalue weighted by Crippen LogP contribution is -2.32. The predicted octanol–water partition coefficient (Wildman–Crippen LogP) is 3.21. The Kier molecular flexibility index (Phi) is 5.29. The van der Waals surface area contributed by atoms with Crippen molar-refractivity contribution in [1.29, 1.82) is 0 Å². The molecule has 1 aliphatic rings. The molecular formula is C18H17F3N2O3. The molecule has 1 atom stereocenters. The third-order valence-corrected chi connectivity index (χ3v) is 3.92. The van der Waals surface area contributed by atoms with E-state index in [-0.39, 0.29) is 24.2 Å². The molecule has 8 heteroatoms.